The van der Waals surface area contributed by atoms with Crippen molar-refractivity contribution in [1.29, 1.82) is 0 Å². The van der Waals surface area contributed by atoms with E-state index < -0.39 is 0 Å². The molecule has 2 atom stereocenters. The van der Waals surface area contributed by atoms with Crippen molar-refractivity contribution in [2.45, 2.75) is 39.2 Å². The Bertz CT molecular complexity index is 238. The lowest BCUT2D eigenvalue weighted by molar-refractivity contribution is -0.129. The average Bonchev–Trinajstić information content (AvgIpc) is 3.00. The molecule has 3 heteroatoms. The highest BCUT2D eigenvalue weighted by Crippen LogP contribution is 2.37. The average molecular weight is 210 g/mol. The predicted molar refractivity (Wildman–Crippen MR) is 60.5 cm³/mol. The van der Waals surface area contributed by atoms with Gasteiger partial charge in [0.05, 0.1) is 6.04 Å². The second kappa shape index (κ2) is 4.52. The number of carbonyl (C=O) groups is 1. The van der Waals surface area contributed by atoms with E-state index in [4.69, 9.17) is 0 Å². The molecule has 86 valence electrons. The van der Waals surface area contributed by atoms with Gasteiger partial charge < -0.3 is 10.2 Å². The van der Waals surface area contributed by atoms with E-state index in [1.165, 1.54) is 12.8 Å². The molecule has 1 aliphatic carbocycles. The fraction of sp³-hybridized carbons (Fsp3) is 0.917. The normalized spacial score (nSPS) is 28.5. The third-order valence-corrected chi connectivity index (χ3v) is 3.68. The number of nitrogens with one attached hydrogen (secondary N) is 1. The Labute approximate surface area is 92.2 Å². The van der Waals surface area contributed by atoms with Gasteiger partial charge >= 0.3 is 0 Å². The summed E-state index contributed by atoms with van der Waals surface area (Å²) in [5.74, 6) is 1.93. The predicted octanol–water partition coefficient (Wildman–Crippen LogP) is 1.24. The lowest BCUT2D eigenvalue weighted by Gasteiger charge is -2.21. The Kier molecular flexibility index (Phi) is 3.29. The van der Waals surface area contributed by atoms with Gasteiger partial charge in [0.25, 0.3) is 0 Å². The van der Waals surface area contributed by atoms with Crippen LogP contribution in [0.25, 0.3) is 0 Å². The third-order valence-electron chi connectivity index (χ3n) is 3.68. The Balaban J connectivity index is 1.80. The van der Waals surface area contributed by atoms with E-state index >= 15 is 0 Å². The molecule has 0 bridgehead atoms. The molecule has 2 unspecified atom stereocenters. The first-order chi connectivity index (χ1) is 7.22. The maximum atomic E-state index is 11.9. The maximum Gasteiger partial charge on any atom is 0.239 e. The molecule has 0 spiro atoms. The molecule has 0 radical (unpaired) electrons. The Hall–Kier alpha value is -0.570. The van der Waals surface area contributed by atoms with E-state index in [1.54, 1.807) is 0 Å². The highest BCUT2D eigenvalue weighted by molar-refractivity contribution is 5.83. The lowest BCUT2D eigenvalue weighted by Crippen LogP contribution is -2.39. The molecule has 15 heavy (non-hydrogen) atoms. The summed E-state index contributed by atoms with van der Waals surface area (Å²) in [6.45, 7) is 7.16. The minimum absolute atomic E-state index is 0.0985. The van der Waals surface area contributed by atoms with E-state index in [0.29, 0.717) is 11.8 Å². The minimum atomic E-state index is 0.0985. The quantitative estimate of drug-likeness (QED) is 0.740. The van der Waals surface area contributed by atoms with Crippen molar-refractivity contribution < 1.29 is 4.79 Å². The van der Waals surface area contributed by atoms with Crippen molar-refractivity contribution in [1.82, 2.24) is 10.2 Å². The van der Waals surface area contributed by atoms with Gasteiger partial charge in [0, 0.05) is 13.1 Å². The minimum Gasteiger partial charge on any atom is -0.341 e. The molecule has 0 aromatic heterocycles. The van der Waals surface area contributed by atoms with Crippen LogP contribution in [-0.2, 0) is 4.79 Å². The molecular weight excluding hydrogens is 188 g/mol. The van der Waals surface area contributed by atoms with E-state index in [9.17, 15) is 4.79 Å². The second-order valence-corrected chi connectivity index (χ2v) is 5.00. The smallest absolute Gasteiger partial charge is 0.239 e. The van der Waals surface area contributed by atoms with Crippen molar-refractivity contribution >= 4 is 5.91 Å². The maximum absolute atomic E-state index is 11.9. The summed E-state index contributed by atoms with van der Waals surface area (Å²) in [7, 11) is 0. The first-order valence-electron chi connectivity index (χ1n) is 6.24. The molecule has 0 aromatic rings. The van der Waals surface area contributed by atoms with Crippen LogP contribution < -0.4 is 5.32 Å². The van der Waals surface area contributed by atoms with Crippen molar-refractivity contribution in [2.24, 2.45) is 11.8 Å². The van der Waals surface area contributed by atoms with Gasteiger partial charge in [-0.2, -0.15) is 0 Å². The molecule has 1 N–H and O–H groups in total. The van der Waals surface area contributed by atoms with Crippen molar-refractivity contribution in [3.8, 4) is 0 Å². The standard InChI is InChI=1S/C12H22N2O/c1-3-13-11-6-7-14(12(11)15)8-9(2)10-4-5-10/h9-11,13H,3-8H2,1-2H3. The summed E-state index contributed by atoms with van der Waals surface area (Å²) in [5.41, 5.74) is 0. The Morgan fingerprint density at radius 1 is 1.47 bits per heavy atom. The molecular formula is C12H22N2O. The van der Waals surface area contributed by atoms with Crippen molar-refractivity contribution in [3.05, 3.63) is 0 Å². The van der Waals surface area contributed by atoms with Gasteiger partial charge in [0.1, 0.15) is 0 Å². The SMILES string of the molecule is CCNC1CCN(CC(C)C2CC2)C1=O. The van der Waals surface area contributed by atoms with Crippen LogP contribution in [0.15, 0.2) is 0 Å². The number of nitrogens with zero attached hydrogens (tertiary/aromatic N) is 1. The van der Waals surface area contributed by atoms with E-state index in [2.05, 4.69) is 24.1 Å². The number of hydrogen-bond acceptors (Lipinski definition) is 2. The summed E-state index contributed by atoms with van der Waals surface area (Å²) in [4.78, 5) is 14.0. The second-order valence-electron chi connectivity index (χ2n) is 5.00. The molecule has 0 aromatic carbocycles. The summed E-state index contributed by atoms with van der Waals surface area (Å²) in [5, 5.41) is 3.25. The van der Waals surface area contributed by atoms with Crippen LogP contribution in [0.3, 0.4) is 0 Å². The van der Waals surface area contributed by atoms with Crippen LogP contribution in [0.1, 0.15) is 33.1 Å². The van der Waals surface area contributed by atoms with Gasteiger partial charge in [-0.05, 0) is 37.6 Å². The first kappa shape index (κ1) is 10.9. The Morgan fingerprint density at radius 3 is 2.80 bits per heavy atom. The molecule has 1 saturated carbocycles. The molecule has 1 saturated heterocycles. The molecule has 3 nitrogen and oxygen atoms in total. The van der Waals surface area contributed by atoms with Crippen LogP contribution in [-0.4, -0.2) is 36.5 Å². The first-order valence-corrected chi connectivity index (χ1v) is 6.24. The lowest BCUT2D eigenvalue weighted by atomic mass is 10.1. The number of likely N-dealkylation sites (tertiary alicyclic amines) is 1. The number of rotatable bonds is 5. The van der Waals surface area contributed by atoms with E-state index in [1.807, 2.05) is 0 Å². The molecule has 2 rings (SSSR count). The van der Waals surface area contributed by atoms with Crippen LogP contribution >= 0.6 is 0 Å². The topological polar surface area (TPSA) is 32.3 Å². The van der Waals surface area contributed by atoms with Crippen LogP contribution in [0.2, 0.25) is 0 Å². The van der Waals surface area contributed by atoms with Gasteiger partial charge in [0.2, 0.25) is 5.91 Å². The van der Waals surface area contributed by atoms with Gasteiger partial charge in [-0.15, -0.1) is 0 Å². The molecule has 1 aliphatic heterocycles. The summed E-state index contributed by atoms with van der Waals surface area (Å²) >= 11 is 0. The van der Waals surface area contributed by atoms with Crippen molar-refractivity contribution in [2.75, 3.05) is 19.6 Å². The summed E-state index contributed by atoms with van der Waals surface area (Å²) in [6, 6.07) is 0.0985. The monoisotopic (exact) mass is 210 g/mol. The van der Waals surface area contributed by atoms with Gasteiger partial charge in [-0.3, -0.25) is 4.79 Å². The summed E-state index contributed by atoms with van der Waals surface area (Å²) < 4.78 is 0. The zero-order chi connectivity index (χ0) is 10.8. The number of likely N-dealkylation sites (N-methyl/N-ethyl adjacent to an activating group) is 1. The van der Waals surface area contributed by atoms with E-state index in [-0.39, 0.29) is 6.04 Å². The third kappa shape index (κ3) is 2.51. The summed E-state index contributed by atoms with van der Waals surface area (Å²) in [6.07, 6.45) is 3.74. The zero-order valence-electron chi connectivity index (χ0n) is 9.83. The zero-order valence-corrected chi connectivity index (χ0v) is 9.83. The van der Waals surface area contributed by atoms with E-state index in [0.717, 1.165) is 32.0 Å². The highest BCUT2D eigenvalue weighted by atomic mass is 16.2. The molecule has 1 amide bonds. The fourth-order valence-electron chi connectivity index (χ4n) is 2.52. The number of hydrogen-bond donors (Lipinski definition) is 1. The highest BCUT2D eigenvalue weighted by Gasteiger charge is 2.35. The van der Waals surface area contributed by atoms with Gasteiger partial charge in [0.15, 0.2) is 0 Å². The fourth-order valence-corrected chi connectivity index (χ4v) is 2.52. The van der Waals surface area contributed by atoms with Crippen LogP contribution in [0, 0.1) is 11.8 Å². The largest absolute Gasteiger partial charge is 0.341 e. The Morgan fingerprint density at radius 2 is 2.20 bits per heavy atom. The van der Waals surface area contributed by atoms with Gasteiger partial charge in [-0.1, -0.05) is 13.8 Å². The van der Waals surface area contributed by atoms with Crippen molar-refractivity contribution in [3.63, 3.8) is 0 Å². The number of amides is 1. The molecule has 2 fully saturated rings. The molecule has 2 aliphatic rings. The van der Waals surface area contributed by atoms with Crippen LogP contribution in [0.4, 0.5) is 0 Å². The van der Waals surface area contributed by atoms with Gasteiger partial charge in [-0.25, -0.2) is 0 Å². The van der Waals surface area contributed by atoms with Crippen LogP contribution in [0.5, 0.6) is 0 Å². The number of carbonyl (C=O) groups excluding carboxylic acids is 1. The molecule has 1 heterocycles.